The van der Waals surface area contributed by atoms with E-state index in [2.05, 4.69) is 0 Å². The zero-order chi connectivity index (χ0) is 27.1. The van der Waals surface area contributed by atoms with Crippen LogP contribution < -0.4 is 5.32 Å². The van der Waals surface area contributed by atoms with Gasteiger partial charge in [-0.3, -0.25) is 5.32 Å². The van der Waals surface area contributed by atoms with Crippen molar-refractivity contribution >= 4 is 0 Å². The Bertz CT molecular complexity index is 972. The highest BCUT2D eigenvalue weighted by molar-refractivity contribution is 5.26. The van der Waals surface area contributed by atoms with Gasteiger partial charge in [-0.25, -0.2) is 0 Å². The molecule has 14 heteroatoms. The van der Waals surface area contributed by atoms with Crippen molar-refractivity contribution in [2.24, 2.45) is 0 Å². The van der Waals surface area contributed by atoms with Crippen LogP contribution in [-0.2, 0) is 0 Å². The number of hydrogen-bond acceptors (Lipinski definition) is 1. The molecule has 0 aromatic heterocycles. The Labute approximate surface area is 189 Å². The minimum atomic E-state index is -7.95. The van der Waals surface area contributed by atoms with Gasteiger partial charge in [0.2, 0.25) is 0 Å². The van der Waals surface area contributed by atoms with Crippen molar-refractivity contribution in [3.05, 3.63) is 71.8 Å². The van der Waals surface area contributed by atoms with Crippen molar-refractivity contribution < 1.29 is 57.1 Å². The normalized spacial score (nSPS) is 16.2. The highest BCUT2D eigenvalue weighted by Crippen LogP contribution is 2.62. The van der Waals surface area contributed by atoms with Crippen molar-refractivity contribution in [1.29, 1.82) is 0 Å². The van der Waals surface area contributed by atoms with Crippen molar-refractivity contribution in [3.63, 3.8) is 0 Å². The highest BCUT2D eigenvalue weighted by Gasteiger charge is 2.91. The van der Waals surface area contributed by atoms with Crippen LogP contribution in [0.15, 0.2) is 60.7 Å². The number of nitrogens with one attached hydrogen (secondary N) is 1. The third-order valence-corrected chi connectivity index (χ3v) is 5.17. The topological polar surface area (TPSA) is 12.0 Å². The Kier molecular flexibility index (Phi) is 7.53. The van der Waals surface area contributed by atoms with E-state index >= 15 is 0 Å². The summed E-state index contributed by atoms with van der Waals surface area (Å²) in [7, 11) is 0. The Balaban J connectivity index is 2.63. The zero-order valence-corrected chi connectivity index (χ0v) is 17.3. The fraction of sp³-hybridized carbons (Fsp3) is 0.429. The number of rotatable bonds is 9. The molecule has 1 nitrogen and oxygen atoms in total. The predicted octanol–water partition coefficient (Wildman–Crippen LogP) is 7.82. The second-order valence-corrected chi connectivity index (χ2v) is 7.56. The summed E-state index contributed by atoms with van der Waals surface area (Å²) in [5.41, 5.74) is -0.713. The molecule has 0 aliphatic carbocycles. The molecule has 0 aliphatic rings. The van der Waals surface area contributed by atoms with Gasteiger partial charge < -0.3 is 0 Å². The lowest BCUT2D eigenvalue weighted by Crippen LogP contribution is -2.71. The molecule has 0 spiro atoms. The largest absolute Gasteiger partial charge is 0.460 e. The van der Waals surface area contributed by atoms with Gasteiger partial charge in [-0.2, -0.15) is 57.1 Å². The minimum absolute atomic E-state index is 0.147. The van der Waals surface area contributed by atoms with Crippen LogP contribution in [0.4, 0.5) is 57.1 Å². The number of alkyl halides is 13. The smallest absolute Gasteiger partial charge is 0.298 e. The summed E-state index contributed by atoms with van der Waals surface area (Å²) in [5.74, 6) is -37.3. The fourth-order valence-corrected chi connectivity index (χ4v) is 3.11. The van der Waals surface area contributed by atoms with Crippen LogP contribution in [0.1, 0.15) is 30.1 Å². The maximum absolute atomic E-state index is 15.0. The zero-order valence-electron chi connectivity index (χ0n) is 17.3. The Morgan fingerprint density at radius 1 is 0.514 bits per heavy atom. The number of halogens is 13. The molecule has 0 aliphatic heterocycles. The number of benzene rings is 2. The van der Waals surface area contributed by atoms with E-state index in [0.717, 1.165) is 31.2 Å². The maximum atomic E-state index is 15.0. The summed E-state index contributed by atoms with van der Waals surface area (Å²) in [4.78, 5) is 0. The summed E-state index contributed by atoms with van der Waals surface area (Å²) in [6.07, 6.45) is -7.45. The van der Waals surface area contributed by atoms with Crippen LogP contribution in [0.2, 0.25) is 0 Å². The van der Waals surface area contributed by atoms with E-state index in [1.807, 2.05) is 5.32 Å². The van der Waals surface area contributed by atoms with E-state index in [-0.39, 0.29) is 5.56 Å². The molecule has 2 aromatic rings. The molecule has 1 N–H and O–H groups in total. The molecule has 35 heavy (non-hydrogen) atoms. The summed E-state index contributed by atoms with van der Waals surface area (Å²) < 4.78 is 177. The predicted molar refractivity (Wildman–Crippen MR) is 98.0 cm³/mol. The molecular formula is C21H16F13N. The third-order valence-electron chi connectivity index (χ3n) is 5.17. The Hall–Kier alpha value is -2.51. The Morgan fingerprint density at radius 2 is 0.886 bits per heavy atom. The quantitative estimate of drug-likeness (QED) is 0.327. The van der Waals surface area contributed by atoms with Gasteiger partial charge in [0.15, 0.2) is 0 Å². The lowest BCUT2D eigenvalue weighted by molar-refractivity contribution is -0.441. The molecular weight excluding hydrogens is 513 g/mol. The van der Waals surface area contributed by atoms with Crippen LogP contribution in [0, 0.1) is 0 Å². The highest BCUT2D eigenvalue weighted by atomic mass is 19.4. The van der Waals surface area contributed by atoms with E-state index in [1.165, 1.54) is 36.4 Å². The molecule has 0 heterocycles. The SMILES string of the molecule is C[C@H](N[C@H](c1ccccc1)C(F)(F)C(F)(F)C(F)(F)C(F)(F)C(F)(F)C(F)(F)F)c1ccccc1. The van der Waals surface area contributed by atoms with Crippen LogP contribution in [0.5, 0.6) is 0 Å². The second-order valence-electron chi connectivity index (χ2n) is 7.56. The Morgan fingerprint density at radius 3 is 1.29 bits per heavy atom. The van der Waals surface area contributed by atoms with E-state index in [0.29, 0.717) is 0 Å². The third kappa shape index (κ3) is 4.68. The molecule has 0 amide bonds. The standard InChI is InChI=1S/C21H16F13N/c1-12(13-8-4-2-5-9-13)35-15(14-10-6-3-7-11-14)16(22,23)17(24,25)18(26,27)19(28,29)20(30,31)21(32,33)34/h2-12,15,35H,1H3/t12-,15+/m0/s1. The average Bonchev–Trinajstić information content (AvgIpc) is 2.77. The first-order valence-corrected chi connectivity index (χ1v) is 9.55. The molecule has 0 saturated carbocycles. The summed E-state index contributed by atoms with van der Waals surface area (Å²) >= 11 is 0. The first kappa shape index (κ1) is 28.7. The van der Waals surface area contributed by atoms with Gasteiger partial charge in [0.25, 0.3) is 0 Å². The fourth-order valence-electron chi connectivity index (χ4n) is 3.11. The monoisotopic (exact) mass is 529 g/mol. The molecule has 0 fully saturated rings. The molecule has 0 radical (unpaired) electrons. The average molecular weight is 529 g/mol. The van der Waals surface area contributed by atoms with Crippen LogP contribution in [0.25, 0.3) is 0 Å². The van der Waals surface area contributed by atoms with Crippen LogP contribution in [-0.4, -0.2) is 35.8 Å². The van der Waals surface area contributed by atoms with Gasteiger partial charge in [-0.1, -0.05) is 60.7 Å². The summed E-state index contributed by atoms with van der Waals surface area (Å²) in [5, 5.41) is 1.87. The second kappa shape index (κ2) is 9.17. The molecule has 2 rings (SSSR count). The van der Waals surface area contributed by atoms with E-state index in [1.54, 1.807) is 0 Å². The van der Waals surface area contributed by atoms with Gasteiger partial charge in [0, 0.05) is 6.04 Å². The molecule has 2 atom stereocenters. The van der Waals surface area contributed by atoms with Crippen molar-refractivity contribution in [2.45, 2.75) is 54.8 Å². The van der Waals surface area contributed by atoms with Gasteiger partial charge >= 0.3 is 35.8 Å². The molecule has 0 unspecified atom stereocenters. The maximum Gasteiger partial charge on any atom is 0.460 e. The van der Waals surface area contributed by atoms with Crippen LogP contribution in [0.3, 0.4) is 0 Å². The first-order chi connectivity index (χ1) is 15.7. The van der Waals surface area contributed by atoms with Crippen molar-refractivity contribution in [1.82, 2.24) is 5.32 Å². The van der Waals surface area contributed by atoms with Gasteiger partial charge in [0.05, 0.1) is 0 Å². The lowest BCUT2D eigenvalue weighted by atomic mass is 9.87. The lowest BCUT2D eigenvalue weighted by Gasteiger charge is -2.42. The van der Waals surface area contributed by atoms with E-state index < -0.39 is 53.4 Å². The van der Waals surface area contributed by atoms with Gasteiger partial charge in [-0.15, -0.1) is 0 Å². The van der Waals surface area contributed by atoms with Gasteiger partial charge in [-0.05, 0) is 18.1 Å². The first-order valence-electron chi connectivity index (χ1n) is 9.55. The number of hydrogen-bond donors (Lipinski definition) is 1. The minimum Gasteiger partial charge on any atom is -0.298 e. The van der Waals surface area contributed by atoms with Gasteiger partial charge in [0.1, 0.15) is 6.04 Å². The van der Waals surface area contributed by atoms with Crippen molar-refractivity contribution in [2.75, 3.05) is 0 Å². The summed E-state index contributed by atoms with van der Waals surface area (Å²) in [6.45, 7) is 1.12. The van der Waals surface area contributed by atoms with Crippen molar-refractivity contribution in [3.8, 4) is 0 Å². The molecule has 2 aromatic carbocycles. The summed E-state index contributed by atoms with van der Waals surface area (Å²) in [6, 6.07) is 6.97. The molecule has 0 saturated heterocycles. The molecule has 196 valence electrons. The van der Waals surface area contributed by atoms with Crippen LogP contribution >= 0.6 is 0 Å². The van der Waals surface area contributed by atoms with E-state index in [9.17, 15) is 57.1 Å². The molecule has 0 bridgehead atoms. The van der Waals surface area contributed by atoms with E-state index in [4.69, 9.17) is 0 Å².